The second-order valence-electron chi connectivity index (χ2n) is 7.31. The third kappa shape index (κ3) is 9.85. The van der Waals surface area contributed by atoms with Crippen LogP contribution in [0.15, 0.2) is 54.6 Å². The first kappa shape index (κ1) is 27.1. The Morgan fingerprint density at radius 3 is 2.16 bits per heavy atom. The number of rotatable bonds is 11. The number of aliphatic carboxylic acids is 1. The molecule has 0 heterocycles. The number of carboxylic acids is 1. The van der Waals surface area contributed by atoms with Gasteiger partial charge in [-0.15, -0.1) is 0 Å². The Labute approximate surface area is 213 Å². The summed E-state index contributed by atoms with van der Waals surface area (Å²) in [5.74, 6) is -2.03. The molecule has 0 radical (unpaired) electrons. The maximum absolute atomic E-state index is 12.2. The Balaban J connectivity index is 0.00000480. The van der Waals surface area contributed by atoms with Crippen LogP contribution in [0.2, 0.25) is 0 Å². The monoisotopic (exact) mass is 451 g/mol. The summed E-state index contributed by atoms with van der Waals surface area (Å²) in [6, 6.07) is 17.8. The van der Waals surface area contributed by atoms with Crippen molar-refractivity contribution >= 4 is 55.6 Å². The molecule has 0 aliphatic heterocycles. The summed E-state index contributed by atoms with van der Waals surface area (Å²) in [7, 11) is 0. The van der Waals surface area contributed by atoms with Crippen LogP contribution in [-0.2, 0) is 25.5 Å². The standard InChI is InChI=1S/C24H29NO5.Ca/c1-3-30-24(29)17(2)15-21(25-22(26)13-14-23(27)28)16-18-9-11-20(12-10-18)19-7-5-4-6-8-19;/h4-12,17,21H,3,13-16H2,1-2H3,(H,25,26)(H,27,28);/q;+2. The number of nitrogens with one attached hydrogen (secondary N) is 1. The molecule has 2 unspecified atom stereocenters. The van der Waals surface area contributed by atoms with E-state index < -0.39 is 5.97 Å². The second kappa shape index (κ2) is 14.2. The summed E-state index contributed by atoms with van der Waals surface area (Å²) in [6.07, 6.45) is 0.639. The Morgan fingerprint density at radius 2 is 1.58 bits per heavy atom. The van der Waals surface area contributed by atoms with Crippen LogP contribution >= 0.6 is 0 Å². The van der Waals surface area contributed by atoms with Gasteiger partial charge in [-0.05, 0) is 36.5 Å². The van der Waals surface area contributed by atoms with Crippen LogP contribution < -0.4 is 5.32 Å². The zero-order valence-electron chi connectivity index (χ0n) is 18.2. The van der Waals surface area contributed by atoms with Gasteiger partial charge in [0.15, 0.2) is 0 Å². The van der Waals surface area contributed by atoms with Gasteiger partial charge in [0, 0.05) is 12.5 Å². The number of carboxylic acid groups (broad SMARTS) is 1. The van der Waals surface area contributed by atoms with Crippen molar-refractivity contribution < 1.29 is 24.2 Å². The number of ether oxygens (including phenoxy) is 1. The minimum Gasteiger partial charge on any atom is -0.481 e. The molecule has 0 aliphatic rings. The van der Waals surface area contributed by atoms with Crippen molar-refractivity contribution in [1.82, 2.24) is 5.32 Å². The number of benzene rings is 2. The van der Waals surface area contributed by atoms with E-state index in [0.29, 0.717) is 19.4 Å². The van der Waals surface area contributed by atoms with E-state index in [-0.39, 0.29) is 74.4 Å². The van der Waals surface area contributed by atoms with E-state index in [1.54, 1.807) is 13.8 Å². The molecule has 31 heavy (non-hydrogen) atoms. The van der Waals surface area contributed by atoms with Crippen molar-refractivity contribution in [2.45, 2.75) is 45.6 Å². The molecular weight excluding hydrogens is 422 g/mol. The van der Waals surface area contributed by atoms with Gasteiger partial charge in [-0.25, -0.2) is 0 Å². The van der Waals surface area contributed by atoms with Crippen molar-refractivity contribution in [3.8, 4) is 11.1 Å². The number of carbonyl (C=O) groups is 3. The van der Waals surface area contributed by atoms with E-state index >= 15 is 0 Å². The summed E-state index contributed by atoms with van der Waals surface area (Å²) in [4.78, 5) is 34.9. The molecule has 2 N–H and O–H groups in total. The molecule has 0 saturated heterocycles. The van der Waals surface area contributed by atoms with Crippen LogP contribution in [0.1, 0.15) is 38.7 Å². The maximum atomic E-state index is 12.2. The summed E-state index contributed by atoms with van der Waals surface area (Å²) in [5.41, 5.74) is 3.24. The van der Waals surface area contributed by atoms with Gasteiger partial charge in [-0.2, -0.15) is 0 Å². The minimum atomic E-state index is -1.02. The second-order valence-corrected chi connectivity index (χ2v) is 7.31. The number of carbonyl (C=O) groups excluding carboxylic acids is 2. The first-order valence-corrected chi connectivity index (χ1v) is 10.2. The van der Waals surface area contributed by atoms with Crippen molar-refractivity contribution in [2.75, 3.05) is 6.61 Å². The smallest absolute Gasteiger partial charge is 0.481 e. The molecule has 2 aromatic rings. The third-order valence-corrected chi connectivity index (χ3v) is 4.80. The van der Waals surface area contributed by atoms with Crippen molar-refractivity contribution in [1.29, 1.82) is 0 Å². The Kier molecular flexibility index (Phi) is 12.5. The molecule has 0 aromatic heterocycles. The zero-order valence-corrected chi connectivity index (χ0v) is 20.4. The van der Waals surface area contributed by atoms with Crippen molar-refractivity contribution in [3.05, 3.63) is 60.2 Å². The van der Waals surface area contributed by atoms with Gasteiger partial charge in [0.2, 0.25) is 5.91 Å². The molecule has 0 spiro atoms. The number of hydrogen-bond donors (Lipinski definition) is 2. The average Bonchev–Trinajstić information content (AvgIpc) is 2.73. The summed E-state index contributed by atoms with van der Waals surface area (Å²) in [5, 5.41) is 11.7. The van der Waals surface area contributed by atoms with E-state index in [0.717, 1.165) is 16.7 Å². The molecule has 7 heteroatoms. The van der Waals surface area contributed by atoms with Gasteiger partial charge < -0.3 is 15.2 Å². The fourth-order valence-corrected chi connectivity index (χ4v) is 3.27. The van der Waals surface area contributed by atoms with Gasteiger partial charge >= 0.3 is 49.7 Å². The topological polar surface area (TPSA) is 92.7 Å². The van der Waals surface area contributed by atoms with Gasteiger partial charge in [-0.3, -0.25) is 14.4 Å². The Morgan fingerprint density at radius 1 is 0.968 bits per heavy atom. The summed E-state index contributed by atoms with van der Waals surface area (Å²) >= 11 is 0. The van der Waals surface area contributed by atoms with Crippen LogP contribution in [0, 0.1) is 5.92 Å². The predicted molar refractivity (Wildman–Crippen MR) is 121 cm³/mol. The van der Waals surface area contributed by atoms with E-state index in [2.05, 4.69) is 5.32 Å². The fraction of sp³-hybridized carbons (Fsp3) is 0.375. The quantitative estimate of drug-likeness (QED) is 0.403. The number of amides is 1. The number of hydrogen-bond acceptors (Lipinski definition) is 4. The normalized spacial score (nSPS) is 12.2. The van der Waals surface area contributed by atoms with Crippen LogP contribution in [0.3, 0.4) is 0 Å². The van der Waals surface area contributed by atoms with E-state index in [9.17, 15) is 14.4 Å². The predicted octanol–water partition coefficient (Wildman–Crippen LogP) is 3.45. The van der Waals surface area contributed by atoms with Crippen LogP contribution in [0.5, 0.6) is 0 Å². The van der Waals surface area contributed by atoms with E-state index in [4.69, 9.17) is 9.84 Å². The van der Waals surface area contributed by atoms with Gasteiger partial charge in [0.05, 0.1) is 18.9 Å². The SMILES string of the molecule is CCOC(=O)C(C)CC(Cc1ccc(-c2ccccc2)cc1)NC(=O)CCC(=O)O.[Ca+2]. The molecule has 2 aromatic carbocycles. The van der Waals surface area contributed by atoms with Gasteiger partial charge in [0.25, 0.3) is 0 Å². The van der Waals surface area contributed by atoms with Crippen molar-refractivity contribution in [3.63, 3.8) is 0 Å². The molecule has 160 valence electrons. The number of esters is 1. The van der Waals surface area contributed by atoms with Gasteiger partial charge in [0.1, 0.15) is 0 Å². The fourth-order valence-electron chi connectivity index (χ4n) is 3.27. The van der Waals surface area contributed by atoms with Crippen LogP contribution in [-0.4, -0.2) is 73.3 Å². The molecular formula is C24H29CaNO5+2. The minimum absolute atomic E-state index is 0. The van der Waals surface area contributed by atoms with Crippen molar-refractivity contribution in [2.24, 2.45) is 5.92 Å². The summed E-state index contributed by atoms with van der Waals surface area (Å²) < 4.78 is 5.07. The zero-order chi connectivity index (χ0) is 21.9. The molecule has 0 fully saturated rings. The first-order chi connectivity index (χ1) is 14.4. The van der Waals surface area contributed by atoms with Gasteiger partial charge in [-0.1, -0.05) is 61.5 Å². The van der Waals surface area contributed by atoms with Crippen LogP contribution in [0.25, 0.3) is 11.1 Å². The van der Waals surface area contributed by atoms with E-state index in [1.807, 2.05) is 54.6 Å². The molecule has 2 rings (SSSR count). The molecule has 0 saturated carbocycles. The average molecular weight is 452 g/mol. The molecule has 2 atom stereocenters. The third-order valence-electron chi connectivity index (χ3n) is 4.80. The Bertz CT molecular complexity index is 839. The molecule has 6 nitrogen and oxygen atoms in total. The van der Waals surface area contributed by atoms with Crippen LogP contribution in [0.4, 0.5) is 0 Å². The molecule has 0 bridgehead atoms. The first-order valence-electron chi connectivity index (χ1n) is 10.2. The van der Waals surface area contributed by atoms with E-state index in [1.165, 1.54) is 0 Å². The molecule has 0 aliphatic carbocycles. The molecule has 1 amide bonds. The largest absolute Gasteiger partial charge is 2.00 e. The summed E-state index contributed by atoms with van der Waals surface area (Å²) in [6.45, 7) is 3.83. The Hall–Kier alpha value is -1.89. The maximum Gasteiger partial charge on any atom is 2.00 e.